The van der Waals surface area contributed by atoms with Gasteiger partial charge in [0.2, 0.25) is 0 Å². The zero-order valence-corrected chi connectivity index (χ0v) is 14.4. The summed E-state index contributed by atoms with van der Waals surface area (Å²) in [6.07, 6.45) is 0. The number of halogens is 1. The van der Waals surface area contributed by atoms with Crippen LogP contribution in [0.2, 0.25) is 5.02 Å². The number of nitrogens with zero attached hydrogens (tertiary/aromatic N) is 1. The van der Waals surface area contributed by atoms with Gasteiger partial charge in [-0.2, -0.15) is 0 Å². The number of fused-ring (bicyclic) bond motifs is 1. The summed E-state index contributed by atoms with van der Waals surface area (Å²) in [6.45, 7) is 0.513. The summed E-state index contributed by atoms with van der Waals surface area (Å²) in [5.74, 6) is 0.400. The Kier molecular flexibility index (Phi) is 4.72. The van der Waals surface area contributed by atoms with Gasteiger partial charge in [-0.05, 0) is 40.6 Å². The molecule has 0 radical (unpaired) electrons. The SMILES string of the molecule is COc1ccc(Cl)cc1C(=O)N(C)Cc1ccc2ccccc2c1. The highest BCUT2D eigenvalue weighted by atomic mass is 35.5. The van der Waals surface area contributed by atoms with Crippen LogP contribution in [0.25, 0.3) is 10.8 Å². The fourth-order valence-electron chi connectivity index (χ4n) is 2.74. The Morgan fingerprint density at radius 2 is 1.79 bits per heavy atom. The Morgan fingerprint density at radius 3 is 2.54 bits per heavy atom. The summed E-state index contributed by atoms with van der Waals surface area (Å²) in [5, 5.41) is 2.86. The molecule has 24 heavy (non-hydrogen) atoms. The molecule has 4 heteroatoms. The lowest BCUT2D eigenvalue weighted by Crippen LogP contribution is -2.26. The first-order chi connectivity index (χ1) is 11.6. The molecule has 3 nitrogen and oxygen atoms in total. The minimum Gasteiger partial charge on any atom is -0.496 e. The van der Waals surface area contributed by atoms with Gasteiger partial charge < -0.3 is 9.64 Å². The molecule has 0 aliphatic rings. The molecule has 0 saturated heterocycles. The summed E-state index contributed by atoms with van der Waals surface area (Å²) in [6, 6.07) is 19.4. The second-order valence-corrected chi connectivity index (χ2v) is 6.12. The molecule has 0 spiro atoms. The molecule has 3 aromatic rings. The van der Waals surface area contributed by atoms with Crippen LogP contribution in [0.15, 0.2) is 60.7 Å². The number of hydrogen-bond donors (Lipinski definition) is 0. The first-order valence-electron chi connectivity index (χ1n) is 7.65. The number of hydrogen-bond acceptors (Lipinski definition) is 2. The van der Waals surface area contributed by atoms with Crippen molar-refractivity contribution in [2.24, 2.45) is 0 Å². The van der Waals surface area contributed by atoms with Crippen molar-refractivity contribution in [2.45, 2.75) is 6.54 Å². The van der Waals surface area contributed by atoms with Crippen molar-refractivity contribution < 1.29 is 9.53 Å². The Labute approximate surface area is 146 Å². The third-order valence-electron chi connectivity index (χ3n) is 3.97. The van der Waals surface area contributed by atoms with Gasteiger partial charge >= 0.3 is 0 Å². The predicted octanol–water partition coefficient (Wildman–Crippen LogP) is 4.77. The van der Waals surface area contributed by atoms with Crippen molar-refractivity contribution in [3.05, 3.63) is 76.8 Å². The molecule has 122 valence electrons. The number of amides is 1. The number of rotatable bonds is 4. The lowest BCUT2D eigenvalue weighted by Gasteiger charge is -2.19. The quantitative estimate of drug-likeness (QED) is 0.685. The monoisotopic (exact) mass is 339 g/mol. The van der Waals surface area contributed by atoms with Crippen LogP contribution in [0.3, 0.4) is 0 Å². The topological polar surface area (TPSA) is 29.5 Å². The van der Waals surface area contributed by atoms with E-state index in [4.69, 9.17) is 16.3 Å². The first-order valence-corrected chi connectivity index (χ1v) is 8.03. The van der Waals surface area contributed by atoms with Crippen LogP contribution < -0.4 is 4.74 Å². The van der Waals surface area contributed by atoms with E-state index < -0.39 is 0 Å². The van der Waals surface area contributed by atoms with E-state index in [0.717, 1.165) is 10.9 Å². The number of carbonyl (C=O) groups excluding carboxylic acids is 1. The van der Waals surface area contributed by atoms with Gasteiger partial charge in [0, 0.05) is 18.6 Å². The summed E-state index contributed by atoms with van der Waals surface area (Å²) >= 11 is 6.02. The fourth-order valence-corrected chi connectivity index (χ4v) is 2.91. The average Bonchev–Trinajstić information content (AvgIpc) is 2.61. The van der Waals surface area contributed by atoms with Crippen molar-refractivity contribution in [2.75, 3.05) is 14.2 Å². The molecule has 0 aliphatic heterocycles. The summed E-state index contributed by atoms with van der Waals surface area (Å²) in [7, 11) is 3.32. The van der Waals surface area contributed by atoms with Gasteiger partial charge in [0.15, 0.2) is 0 Å². The first kappa shape index (κ1) is 16.3. The van der Waals surface area contributed by atoms with Crippen LogP contribution in [-0.2, 0) is 6.54 Å². The fraction of sp³-hybridized carbons (Fsp3) is 0.150. The third-order valence-corrected chi connectivity index (χ3v) is 4.21. The minimum atomic E-state index is -0.123. The molecule has 0 fully saturated rings. The number of methoxy groups -OCH3 is 1. The van der Waals surface area contributed by atoms with Crippen LogP contribution in [0, 0.1) is 0 Å². The van der Waals surface area contributed by atoms with Gasteiger partial charge in [-0.25, -0.2) is 0 Å². The molecule has 0 saturated carbocycles. The maximum absolute atomic E-state index is 12.7. The normalized spacial score (nSPS) is 10.6. The molecule has 1 amide bonds. The predicted molar refractivity (Wildman–Crippen MR) is 97.7 cm³/mol. The van der Waals surface area contributed by atoms with Crippen LogP contribution in [0.5, 0.6) is 5.75 Å². The lowest BCUT2D eigenvalue weighted by atomic mass is 10.1. The van der Waals surface area contributed by atoms with Crippen molar-refractivity contribution in [3.8, 4) is 5.75 Å². The van der Waals surface area contributed by atoms with Crippen molar-refractivity contribution in [1.82, 2.24) is 4.90 Å². The van der Waals surface area contributed by atoms with Gasteiger partial charge in [-0.15, -0.1) is 0 Å². The standard InChI is InChI=1S/C20H18ClNO2/c1-22(20(23)18-12-17(21)9-10-19(18)24-2)13-14-7-8-15-5-3-4-6-16(15)11-14/h3-12H,13H2,1-2H3. The highest BCUT2D eigenvalue weighted by Gasteiger charge is 2.17. The highest BCUT2D eigenvalue weighted by molar-refractivity contribution is 6.31. The maximum atomic E-state index is 12.7. The zero-order valence-electron chi connectivity index (χ0n) is 13.6. The summed E-state index contributed by atoms with van der Waals surface area (Å²) in [5.41, 5.74) is 1.54. The molecular formula is C20H18ClNO2. The minimum absolute atomic E-state index is 0.123. The van der Waals surface area contributed by atoms with E-state index in [9.17, 15) is 4.79 Å². The molecule has 0 aliphatic carbocycles. The highest BCUT2D eigenvalue weighted by Crippen LogP contribution is 2.24. The Hall–Kier alpha value is -2.52. The van der Waals surface area contributed by atoms with Crippen LogP contribution in [0.1, 0.15) is 15.9 Å². The second-order valence-electron chi connectivity index (χ2n) is 5.69. The molecule has 3 rings (SSSR count). The number of ether oxygens (including phenoxy) is 1. The summed E-state index contributed by atoms with van der Waals surface area (Å²) < 4.78 is 5.27. The van der Waals surface area contributed by atoms with Crippen molar-refractivity contribution in [1.29, 1.82) is 0 Å². The molecule has 3 aromatic carbocycles. The third kappa shape index (κ3) is 3.36. The van der Waals surface area contributed by atoms with E-state index in [1.54, 1.807) is 37.3 Å². The van der Waals surface area contributed by atoms with Gasteiger partial charge in [-0.1, -0.05) is 48.0 Å². The lowest BCUT2D eigenvalue weighted by molar-refractivity contribution is 0.0782. The van der Waals surface area contributed by atoms with Gasteiger partial charge in [-0.3, -0.25) is 4.79 Å². The molecular weight excluding hydrogens is 322 g/mol. The van der Waals surface area contributed by atoms with E-state index >= 15 is 0 Å². The molecule has 0 heterocycles. The van der Waals surface area contributed by atoms with E-state index in [-0.39, 0.29) is 5.91 Å². The Morgan fingerprint density at radius 1 is 1.04 bits per heavy atom. The van der Waals surface area contributed by atoms with Crippen LogP contribution in [-0.4, -0.2) is 25.0 Å². The van der Waals surface area contributed by atoms with Gasteiger partial charge in [0.25, 0.3) is 5.91 Å². The van der Waals surface area contributed by atoms with Crippen LogP contribution >= 0.6 is 11.6 Å². The zero-order chi connectivity index (χ0) is 17.1. The van der Waals surface area contributed by atoms with E-state index in [2.05, 4.69) is 24.3 Å². The maximum Gasteiger partial charge on any atom is 0.257 e. The van der Waals surface area contributed by atoms with E-state index in [0.29, 0.717) is 22.9 Å². The Bertz CT molecular complexity index is 892. The Balaban J connectivity index is 1.84. The second kappa shape index (κ2) is 6.93. The molecule has 0 bridgehead atoms. The van der Waals surface area contributed by atoms with Gasteiger partial charge in [0.1, 0.15) is 5.75 Å². The summed E-state index contributed by atoms with van der Waals surface area (Å²) in [4.78, 5) is 14.4. The molecule has 0 aromatic heterocycles. The average molecular weight is 340 g/mol. The van der Waals surface area contributed by atoms with Crippen molar-refractivity contribution >= 4 is 28.3 Å². The largest absolute Gasteiger partial charge is 0.496 e. The van der Waals surface area contributed by atoms with E-state index in [1.807, 2.05) is 18.2 Å². The van der Waals surface area contributed by atoms with Crippen molar-refractivity contribution in [3.63, 3.8) is 0 Å². The van der Waals surface area contributed by atoms with Crippen LogP contribution in [0.4, 0.5) is 0 Å². The molecule has 0 atom stereocenters. The molecule has 0 unspecified atom stereocenters. The van der Waals surface area contributed by atoms with E-state index in [1.165, 1.54) is 5.39 Å². The molecule has 0 N–H and O–H groups in total. The smallest absolute Gasteiger partial charge is 0.257 e. The number of carbonyl (C=O) groups is 1. The van der Waals surface area contributed by atoms with Gasteiger partial charge in [0.05, 0.1) is 12.7 Å². The number of benzene rings is 3.